The van der Waals surface area contributed by atoms with Crippen LogP contribution in [-0.4, -0.2) is 24.5 Å². The Balaban J connectivity index is 2.00. The van der Waals surface area contributed by atoms with E-state index in [9.17, 15) is 4.79 Å². The molecule has 2 heterocycles. The van der Waals surface area contributed by atoms with Gasteiger partial charge in [0.25, 0.3) is 0 Å². The number of hydrogen-bond acceptors (Lipinski definition) is 3. The fourth-order valence-electron chi connectivity index (χ4n) is 2.90. The number of fused-ring (bicyclic) bond motifs is 1. The molecule has 1 saturated heterocycles. The van der Waals surface area contributed by atoms with E-state index >= 15 is 0 Å². The SMILES string of the molecule is CC1CNCCC12CC(=O)c1cc(Br)ccc1O2. The Labute approximate surface area is 115 Å². The summed E-state index contributed by atoms with van der Waals surface area (Å²) >= 11 is 3.40. The van der Waals surface area contributed by atoms with Crippen LogP contribution in [0.5, 0.6) is 5.75 Å². The molecular formula is C14H16BrNO2. The average Bonchev–Trinajstić information content (AvgIpc) is 2.34. The van der Waals surface area contributed by atoms with Gasteiger partial charge in [0.15, 0.2) is 5.78 Å². The summed E-state index contributed by atoms with van der Waals surface area (Å²) in [5.41, 5.74) is 0.407. The quantitative estimate of drug-likeness (QED) is 0.801. The van der Waals surface area contributed by atoms with Crippen molar-refractivity contribution in [3.63, 3.8) is 0 Å². The first-order valence-electron chi connectivity index (χ1n) is 6.33. The smallest absolute Gasteiger partial charge is 0.170 e. The molecule has 2 aliphatic heterocycles. The van der Waals surface area contributed by atoms with Crippen molar-refractivity contribution in [2.75, 3.05) is 13.1 Å². The minimum atomic E-state index is -0.302. The van der Waals surface area contributed by atoms with Gasteiger partial charge in [-0.25, -0.2) is 0 Å². The number of rotatable bonds is 0. The van der Waals surface area contributed by atoms with E-state index in [2.05, 4.69) is 28.2 Å². The summed E-state index contributed by atoms with van der Waals surface area (Å²) in [5.74, 6) is 1.29. The van der Waals surface area contributed by atoms with Crippen LogP contribution in [0.1, 0.15) is 30.1 Å². The lowest BCUT2D eigenvalue weighted by atomic mass is 9.76. The first-order valence-corrected chi connectivity index (χ1v) is 7.12. The Hall–Kier alpha value is -0.870. The first kappa shape index (κ1) is 12.2. The van der Waals surface area contributed by atoms with Crippen molar-refractivity contribution in [3.8, 4) is 5.75 Å². The number of halogens is 1. The van der Waals surface area contributed by atoms with Crippen LogP contribution in [0.15, 0.2) is 22.7 Å². The summed E-state index contributed by atoms with van der Waals surface area (Å²) in [6.07, 6.45) is 1.40. The van der Waals surface area contributed by atoms with Crippen molar-refractivity contribution in [2.45, 2.75) is 25.4 Å². The molecule has 1 aromatic rings. The Bertz CT molecular complexity index is 503. The molecule has 0 bridgehead atoms. The average molecular weight is 310 g/mol. The van der Waals surface area contributed by atoms with E-state index in [-0.39, 0.29) is 11.4 Å². The van der Waals surface area contributed by atoms with Gasteiger partial charge >= 0.3 is 0 Å². The molecule has 2 unspecified atom stereocenters. The van der Waals surface area contributed by atoms with Gasteiger partial charge in [-0.1, -0.05) is 22.9 Å². The van der Waals surface area contributed by atoms with E-state index in [1.54, 1.807) is 0 Å². The molecular weight excluding hydrogens is 294 g/mol. The molecule has 1 aromatic carbocycles. The van der Waals surface area contributed by atoms with Gasteiger partial charge in [-0.2, -0.15) is 0 Å². The number of Topliss-reactive ketones (excluding diaryl/α,β-unsaturated/α-hetero) is 1. The highest BCUT2D eigenvalue weighted by Gasteiger charge is 2.45. The number of carbonyl (C=O) groups excluding carboxylic acids is 1. The Morgan fingerprint density at radius 3 is 3.11 bits per heavy atom. The number of piperidine rings is 1. The van der Waals surface area contributed by atoms with E-state index < -0.39 is 0 Å². The maximum Gasteiger partial charge on any atom is 0.170 e. The molecule has 0 aromatic heterocycles. The fraction of sp³-hybridized carbons (Fsp3) is 0.500. The minimum Gasteiger partial charge on any atom is -0.486 e. The van der Waals surface area contributed by atoms with Crippen LogP contribution in [0, 0.1) is 5.92 Å². The molecule has 0 saturated carbocycles. The Kier molecular flexibility index (Phi) is 2.94. The first-order chi connectivity index (χ1) is 8.61. The van der Waals surface area contributed by atoms with Crippen LogP contribution in [-0.2, 0) is 0 Å². The third kappa shape index (κ3) is 1.88. The molecule has 4 heteroatoms. The van der Waals surface area contributed by atoms with E-state index in [1.807, 2.05) is 18.2 Å². The fourth-order valence-corrected chi connectivity index (χ4v) is 3.26. The van der Waals surface area contributed by atoms with Crippen LogP contribution in [0.2, 0.25) is 0 Å². The predicted molar refractivity (Wildman–Crippen MR) is 73.1 cm³/mol. The highest BCUT2D eigenvalue weighted by atomic mass is 79.9. The summed E-state index contributed by atoms with van der Waals surface area (Å²) in [4.78, 5) is 12.3. The molecule has 0 amide bonds. The number of carbonyl (C=O) groups is 1. The normalized spacial score (nSPS) is 31.0. The topological polar surface area (TPSA) is 38.3 Å². The summed E-state index contributed by atoms with van der Waals surface area (Å²) in [7, 11) is 0. The number of ketones is 1. The summed E-state index contributed by atoms with van der Waals surface area (Å²) in [6, 6.07) is 5.68. The molecule has 0 aliphatic carbocycles. The van der Waals surface area contributed by atoms with Crippen LogP contribution in [0.25, 0.3) is 0 Å². The number of nitrogens with one attached hydrogen (secondary N) is 1. The molecule has 2 aliphatic rings. The van der Waals surface area contributed by atoms with E-state index in [0.29, 0.717) is 17.9 Å². The summed E-state index contributed by atoms with van der Waals surface area (Å²) in [5, 5.41) is 3.36. The van der Waals surface area contributed by atoms with Crippen molar-refractivity contribution in [1.29, 1.82) is 0 Å². The number of ether oxygens (including phenoxy) is 1. The third-order valence-electron chi connectivity index (χ3n) is 4.09. The lowest BCUT2D eigenvalue weighted by Crippen LogP contribution is -2.55. The van der Waals surface area contributed by atoms with Gasteiger partial charge < -0.3 is 10.1 Å². The molecule has 18 heavy (non-hydrogen) atoms. The zero-order valence-corrected chi connectivity index (χ0v) is 11.9. The molecule has 96 valence electrons. The van der Waals surface area contributed by atoms with Crippen LogP contribution < -0.4 is 10.1 Å². The van der Waals surface area contributed by atoms with Crippen LogP contribution in [0.4, 0.5) is 0 Å². The molecule has 1 fully saturated rings. The van der Waals surface area contributed by atoms with E-state index in [1.165, 1.54) is 0 Å². The minimum absolute atomic E-state index is 0.200. The lowest BCUT2D eigenvalue weighted by molar-refractivity contribution is -0.0188. The van der Waals surface area contributed by atoms with Crippen molar-refractivity contribution in [2.24, 2.45) is 5.92 Å². The van der Waals surface area contributed by atoms with Crippen LogP contribution >= 0.6 is 15.9 Å². The van der Waals surface area contributed by atoms with Gasteiger partial charge in [0.05, 0.1) is 12.0 Å². The second-order valence-corrected chi connectivity index (χ2v) is 6.18. The molecule has 1 spiro atoms. The standard InChI is InChI=1S/C14H16BrNO2/c1-9-8-16-5-4-14(9)7-12(17)11-6-10(15)2-3-13(11)18-14/h2-3,6,9,16H,4-5,7-8H2,1H3. The van der Waals surface area contributed by atoms with Gasteiger partial charge in [0, 0.05) is 23.4 Å². The van der Waals surface area contributed by atoms with E-state index in [0.717, 1.165) is 29.7 Å². The Morgan fingerprint density at radius 2 is 2.33 bits per heavy atom. The Morgan fingerprint density at radius 1 is 1.50 bits per heavy atom. The van der Waals surface area contributed by atoms with Crippen molar-refractivity contribution < 1.29 is 9.53 Å². The van der Waals surface area contributed by atoms with Crippen molar-refractivity contribution in [1.82, 2.24) is 5.32 Å². The molecule has 2 atom stereocenters. The second kappa shape index (κ2) is 4.35. The zero-order valence-electron chi connectivity index (χ0n) is 10.3. The number of benzene rings is 1. The summed E-state index contributed by atoms with van der Waals surface area (Å²) < 4.78 is 7.14. The van der Waals surface area contributed by atoms with Gasteiger partial charge in [-0.3, -0.25) is 4.79 Å². The van der Waals surface area contributed by atoms with Gasteiger partial charge in [0.1, 0.15) is 11.4 Å². The van der Waals surface area contributed by atoms with Crippen molar-refractivity contribution in [3.05, 3.63) is 28.2 Å². The maximum absolute atomic E-state index is 12.3. The molecule has 0 radical (unpaired) electrons. The number of hydrogen-bond donors (Lipinski definition) is 1. The maximum atomic E-state index is 12.3. The van der Waals surface area contributed by atoms with Crippen LogP contribution in [0.3, 0.4) is 0 Å². The molecule has 3 rings (SSSR count). The van der Waals surface area contributed by atoms with Gasteiger partial charge in [0.2, 0.25) is 0 Å². The van der Waals surface area contributed by atoms with Crippen molar-refractivity contribution >= 4 is 21.7 Å². The zero-order chi connectivity index (χ0) is 12.8. The largest absolute Gasteiger partial charge is 0.486 e. The monoisotopic (exact) mass is 309 g/mol. The highest BCUT2D eigenvalue weighted by Crippen LogP contribution is 2.41. The predicted octanol–water partition coefficient (Wildman–Crippen LogP) is 2.78. The molecule has 3 nitrogen and oxygen atoms in total. The molecule has 1 N–H and O–H groups in total. The summed E-state index contributed by atoms with van der Waals surface area (Å²) in [6.45, 7) is 3.99. The van der Waals surface area contributed by atoms with Gasteiger partial charge in [-0.15, -0.1) is 0 Å². The van der Waals surface area contributed by atoms with E-state index in [4.69, 9.17) is 4.74 Å². The lowest BCUT2D eigenvalue weighted by Gasteiger charge is -2.45. The highest BCUT2D eigenvalue weighted by molar-refractivity contribution is 9.10. The third-order valence-corrected chi connectivity index (χ3v) is 4.58. The van der Waals surface area contributed by atoms with Gasteiger partial charge in [-0.05, 0) is 24.7 Å². The second-order valence-electron chi connectivity index (χ2n) is 5.26.